The number of ether oxygens (including phenoxy) is 6. The lowest BCUT2D eigenvalue weighted by molar-refractivity contribution is -0.146. The molecule has 0 aromatic carbocycles. The van der Waals surface area contributed by atoms with Crippen molar-refractivity contribution in [2.45, 2.75) is 122 Å². The summed E-state index contributed by atoms with van der Waals surface area (Å²) in [6, 6.07) is 0. The molecule has 0 saturated carbocycles. The van der Waals surface area contributed by atoms with Crippen LogP contribution in [0.15, 0.2) is 0 Å². The lowest BCUT2D eigenvalue weighted by Gasteiger charge is -2.08. The van der Waals surface area contributed by atoms with Crippen molar-refractivity contribution in [1.29, 1.82) is 0 Å². The van der Waals surface area contributed by atoms with E-state index in [0.29, 0.717) is 65.5 Å². The van der Waals surface area contributed by atoms with Gasteiger partial charge in [-0.2, -0.15) is 0 Å². The number of hydrogen-bond donors (Lipinski definition) is 1. The Morgan fingerprint density at radius 1 is 0.405 bits per heavy atom. The minimum atomic E-state index is -0.860. The first kappa shape index (κ1) is 40.2. The minimum Gasteiger partial charge on any atom is -0.481 e. The molecule has 0 fully saturated rings. The fraction of sp³-hybridized carbons (Fsp3) is 0.906. The van der Waals surface area contributed by atoms with Gasteiger partial charge in [-0.05, 0) is 19.3 Å². The summed E-state index contributed by atoms with van der Waals surface area (Å²) in [5, 5.41) is 8.54. The van der Waals surface area contributed by atoms with Crippen LogP contribution in [0.4, 0.5) is 0 Å². The lowest BCUT2D eigenvalue weighted by Crippen LogP contribution is -2.15. The van der Waals surface area contributed by atoms with Crippen molar-refractivity contribution in [3.05, 3.63) is 0 Å². The van der Waals surface area contributed by atoms with Gasteiger partial charge >= 0.3 is 17.9 Å². The summed E-state index contributed by atoms with van der Waals surface area (Å²) in [4.78, 5) is 33.7. The number of hydrogen-bond acceptors (Lipinski definition) is 9. The van der Waals surface area contributed by atoms with E-state index in [4.69, 9.17) is 33.5 Å². The van der Waals surface area contributed by atoms with Gasteiger partial charge in [-0.25, -0.2) is 0 Å². The molecular weight excluding hydrogens is 544 g/mol. The smallest absolute Gasteiger partial charge is 0.305 e. The molecule has 10 heteroatoms. The van der Waals surface area contributed by atoms with Crippen molar-refractivity contribution < 1.29 is 47.9 Å². The van der Waals surface area contributed by atoms with E-state index < -0.39 is 5.97 Å². The second kappa shape index (κ2) is 33.7. The first-order valence-corrected chi connectivity index (χ1v) is 16.4. The average molecular weight is 605 g/mol. The molecule has 0 bridgehead atoms. The Kier molecular flexibility index (Phi) is 32.3. The lowest BCUT2D eigenvalue weighted by atomic mass is 10.0. The van der Waals surface area contributed by atoms with Crippen LogP contribution >= 0.6 is 0 Å². The van der Waals surface area contributed by atoms with E-state index in [1.807, 2.05) is 0 Å². The van der Waals surface area contributed by atoms with Crippen molar-refractivity contribution in [2.75, 3.05) is 66.1 Å². The summed E-state index contributed by atoms with van der Waals surface area (Å²) < 4.78 is 31.8. The Bertz CT molecular complexity index is 614. The van der Waals surface area contributed by atoms with Gasteiger partial charge in [-0.3, -0.25) is 14.4 Å². The molecular formula is C32H60O10. The maximum Gasteiger partial charge on any atom is 0.305 e. The summed E-state index contributed by atoms with van der Waals surface area (Å²) >= 11 is 0. The fourth-order valence-electron chi connectivity index (χ4n) is 4.17. The third-order valence-corrected chi connectivity index (χ3v) is 6.60. The monoisotopic (exact) mass is 604 g/mol. The molecule has 0 rings (SSSR count). The predicted octanol–water partition coefficient (Wildman–Crippen LogP) is 6.27. The van der Waals surface area contributed by atoms with Gasteiger partial charge in [-0.1, -0.05) is 84.0 Å². The van der Waals surface area contributed by atoms with Crippen LogP contribution in [-0.4, -0.2) is 89.1 Å². The Labute approximate surface area is 254 Å². The number of carboxylic acid groups (broad SMARTS) is 1. The van der Waals surface area contributed by atoms with Gasteiger partial charge < -0.3 is 33.5 Å². The Balaban J connectivity index is 3.20. The normalized spacial score (nSPS) is 11.1. The number of esters is 2. The van der Waals surface area contributed by atoms with E-state index >= 15 is 0 Å². The molecule has 0 unspecified atom stereocenters. The zero-order valence-corrected chi connectivity index (χ0v) is 26.4. The number of carboxylic acids is 1. The molecule has 0 aliphatic carbocycles. The van der Waals surface area contributed by atoms with Crippen LogP contribution in [0.25, 0.3) is 0 Å². The molecule has 0 aromatic heterocycles. The number of aliphatic carboxylic acids is 1. The molecule has 1 N–H and O–H groups in total. The number of rotatable bonds is 34. The maximum absolute atomic E-state index is 11.8. The van der Waals surface area contributed by atoms with Crippen LogP contribution in [-0.2, 0) is 42.8 Å². The average Bonchev–Trinajstić information content (AvgIpc) is 2.97. The van der Waals surface area contributed by atoms with Gasteiger partial charge in [0.2, 0.25) is 0 Å². The van der Waals surface area contributed by atoms with Crippen molar-refractivity contribution in [1.82, 2.24) is 0 Å². The summed E-state index contributed by atoms with van der Waals surface area (Å²) in [6.45, 7) is 5.88. The molecule has 0 heterocycles. The zero-order valence-electron chi connectivity index (χ0n) is 26.4. The molecule has 0 atom stereocenters. The highest BCUT2D eigenvalue weighted by Crippen LogP contribution is 2.13. The summed E-state index contributed by atoms with van der Waals surface area (Å²) in [7, 11) is 0. The van der Waals surface area contributed by atoms with E-state index in [1.165, 1.54) is 70.6 Å². The van der Waals surface area contributed by atoms with Gasteiger partial charge in [0.15, 0.2) is 0 Å². The summed E-state index contributed by atoms with van der Waals surface area (Å²) in [6.07, 6.45) is 18.5. The van der Waals surface area contributed by atoms with Crippen LogP contribution in [0.3, 0.4) is 0 Å². The van der Waals surface area contributed by atoms with Gasteiger partial charge in [0, 0.05) is 19.3 Å². The Hall–Kier alpha value is -1.75. The molecule has 0 spiro atoms. The third-order valence-electron chi connectivity index (χ3n) is 6.60. The molecule has 42 heavy (non-hydrogen) atoms. The van der Waals surface area contributed by atoms with Crippen LogP contribution in [0.5, 0.6) is 0 Å². The van der Waals surface area contributed by atoms with Gasteiger partial charge in [0.1, 0.15) is 13.2 Å². The fourth-order valence-corrected chi connectivity index (χ4v) is 4.17. The van der Waals surface area contributed by atoms with Crippen molar-refractivity contribution in [3.63, 3.8) is 0 Å². The Morgan fingerprint density at radius 2 is 0.690 bits per heavy atom. The van der Waals surface area contributed by atoms with Crippen LogP contribution in [0, 0.1) is 0 Å². The van der Waals surface area contributed by atoms with Crippen molar-refractivity contribution in [3.8, 4) is 0 Å². The topological polar surface area (TPSA) is 127 Å². The second-order valence-corrected chi connectivity index (χ2v) is 10.5. The van der Waals surface area contributed by atoms with Crippen LogP contribution in [0.1, 0.15) is 122 Å². The quantitative estimate of drug-likeness (QED) is 0.0663. The predicted molar refractivity (Wildman–Crippen MR) is 162 cm³/mol. The van der Waals surface area contributed by atoms with E-state index in [9.17, 15) is 14.4 Å². The highest BCUT2D eigenvalue weighted by molar-refractivity contribution is 5.70. The third kappa shape index (κ3) is 34.5. The molecule has 0 saturated heterocycles. The first-order chi connectivity index (χ1) is 20.6. The van der Waals surface area contributed by atoms with Gasteiger partial charge in [-0.15, -0.1) is 0 Å². The molecule has 248 valence electrons. The SMILES string of the molecule is CCCCCCCCCCCCCCCC(=O)OCCOCCOCCOCCOCCOC(=O)CCCCC(=O)O. The van der Waals surface area contributed by atoms with Crippen molar-refractivity contribution >= 4 is 17.9 Å². The molecule has 10 nitrogen and oxygen atoms in total. The molecule has 0 aliphatic heterocycles. The van der Waals surface area contributed by atoms with Gasteiger partial charge in [0.25, 0.3) is 0 Å². The molecule has 0 aromatic rings. The highest BCUT2D eigenvalue weighted by atomic mass is 16.6. The van der Waals surface area contributed by atoms with E-state index in [-0.39, 0.29) is 44.6 Å². The maximum atomic E-state index is 11.8. The summed E-state index contributed by atoms with van der Waals surface area (Å²) in [5.41, 5.74) is 0. The number of carbonyl (C=O) groups excluding carboxylic acids is 2. The standard InChI is InChI=1S/C32H60O10/c1-2-3-4-5-6-7-8-9-10-11-12-13-14-18-31(35)41-28-26-39-24-22-37-20-21-38-23-25-40-27-29-42-32(36)19-16-15-17-30(33)34/h2-29H2,1H3,(H,33,34). The van der Waals surface area contributed by atoms with Gasteiger partial charge in [0.05, 0.1) is 52.9 Å². The summed E-state index contributed by atoms with van der Waals surface area (Å²) in [5.74, 6) is -1.35. The number of unbranched alkanes of at least 4 members (excludes halogenated alkanes) is 13. The molecule has 0 aliphatic rings. The van der Waals surface area contributed by atoms with Crippen LogP contribution in [0.2, 0.25) is 0 Å². The molecule has 0 amide bonds. The zero-order chi connectivity index (χ0) is 30.8. The first-order valence-electron chi connectivity index (χ1n) is 16.4. The molecule has 0 radical (unpaired) electrons. The van der Waals surface area contributed by atoms with E-state index in [1.54, 1.807) is 0 Å². The Morgan fingerprint density at radius 3 is 1.05 bits per heavy atom. The van der Waals surface area contributed by atoms with E-state index in [2.05, 4.69) is 6.92 Å². The number of carbonyl (C=O) groups is 3. The second-order valence-electron chi connectivity index (χ2n) is 10.5. The largest absolute Gasteiger partial charge is 0.481 e. The van der Waals surface area contributed by atoms with Crippen molar-refractivity contribution in [2.24, 2.45) is 0 Å². The van der Waals surface area contributed by atoms with Crippen LogP contribution < -0.4 is 0 Å². The van der Waals surface area contributed by atoms with E-state index in [0.717, 1.165) is 12.8 Å². The minimum absolute atomic E-state index is 0.0629. The highest BCUT2D eigenvalue weighted by Gasteiger charge is 2.05.